The first kappa shape index (κ1) is 16.5. The van der Waals surface area contributed by atoms with Gasteiger partial charge in [0.25, 0.3) is 0 Å². The van der Waals surface area contributed by atoms with E-state index in [0.717, 1.165) is 27.2 Å². The van der Waals surface area contributed by atoms with Crippen LogP contribution in [0.25, 0.3) is 11.0 Å². The number of fused-ring (bicyclic) bond motifs is 1. The van der Waals surface area contributed by atoms with Crippen molar-refractivity contribution in [2.24, 2.45) is 0 Å². The second-order valence-electron chi connectivity index (χ2n) is 7.15. The van der Waals surface area contributed by atoms with Gasteiger partial charge in [-0.3, -0.25) is 4.90 Å². The maximum Gasteiger partial charge on any atom is 0.146 e. The zero-order chi connectivity index (χ0) is 16.7. The third kappa shape index (κ3) is 3.01. The van der Waals surface area contributed by atoms with Crippen LogP contribution in [0.15, 0.2) is 12.5 Å². The summed E-state index contributed by atoms with van der Waals surface area (Å²) < 4.78 is 3.49. The molecule has 1 aliphatic carbocycles. The van der Waals surface area contributed by atoms with Gasteiger partial charge in [0.15, 0.2) is 0 Å². The quantitative estimate of drug-likeness (QED) is 0.702. The fourth-order valence-corrected chi connectivity index (χ4v) is 5.15. The summed E-state index contributed by atoms with van der Waals surface area (Å²) in [5, 5.41) is 4.55. The van der Waals surface area contributed by atoms with Crippen molar-refractivity contribution in [3.63, 3.8) is 0 Å². The minimum atomic E-state index is 0.530. The van der Waals surface area contributed by atoms with E-state index in [2.05, 4.69) is 60.5 Å². The molecule has 0 unspecified atom stereocenters. The Labute approximate surface area is 156 Å². The number of nitrogens with one attached hydrogen (secondary N) is 1. The molecule has 1 saturated carbocycles. The molecule has 1 atom stereocenters. The van der Waals surface area contributed by atoms with Gasteiger partial charge in [-0.1, -0.05) is 0 Å². The van der Waals surface area contributed by atoms with Crippen LogP contribution >= 0.6 is 22.6 Å². The molecule has 6 nitrogen and oxygen atoms in total. The minimum Gasteiger partial charge on any atom is -0.383 e. The second-order valence-corrected chi connectivity index (χ2v) is 8.32. The second kappa shape index (κ2) is 6.76. The van der Waals surface area contributed by atoms with E-state index in [0.29, 0.717) is 17.9 Å². The number of halogens is 1. The molecule has 4 rings (SSSR count). The van der Waals surface area contributed by atoms with Crippen LogP contribution in [0.4, 0.5) is 5.82 Å². The van der Waals surface area contributed by atoms with E-state index in [1.54, 1.807) is 6.33 Å². The average Bonchev–Trinajstić information content (AvgIpc) is 2.93. The first-order valence-corrected chi connectivity index (χ1v) is 9.95. The number of nitrogen functional groups attached to an aromatic ring is 1. The number of aromatic nitrogens is 3. The summed E-state index contributed by atoms with van der Waals surface area (Å²) in [6, 6.07) is 1.89. The molecule has 3 N–H and O–H groups in total. The van der Waals surface area contributed by atoms with Crippen LogP contribution < -0.4 is 11.1 Å². The molecule has 2 aliphatic rings. The molecule has 1 aliphatic heterocycles. The Morgan fingerprint density at radius 2 is 1.96 bits per heavy atom. The van der Waals surface area contributed by atoms with Crippen molar-refractivity contribution in [3.8, 4) is 0 Å². The van der Waals surface area contributed by atoms with E-state index in [-0.39, 0.29) is 0 Å². The lowest BCUT2D eigenvalue weighted by atomic mass is 9.89. The van der Waals surface area contributed by atoms with Gasteiger partial charge in [-0.25, -0.2) is 9.97 Å². The van der Waals surface area contributed by atoms with Crippen LogP contribution in [0.1, 0.15) is 38.6 Å². The van der Waals surface area contributed by atoms with Crippen molar-refractivity contribution < 1.29 is 0 Å². The zero-order valence-corrected chi connectivity index (χ0v) is 16.2. The highest BCUT2D eigenvalue weighted by molar-refractivity contribution is 14.1. The molecule has 0 radical (unpaired) electrons. The number of hydrogen-bond acceptors (Lipinski definition) is 5. The van der Waals surface area contributed by atoms with E-state index < -0.39 is 0 Å². The lowest BCUT2D eigenvalue weighted by molar-refractivity contribution is 0.107. The number of hydrogen-bond donors (Lipinski definition) is 2. The summed E-state index contributed by atoms with van der Waals surface area (Å²) in [6.07, 6.45) is 8.76. The molecule has 1 saturated heterocycles. The standard InChI is InChI=1S/C17H25IN6/c1-11-8-23(7-6-20-11)12-2-4-13(5-3-12)24-9-14(18)15-16(19)21-10-22-17(15)24/h9-13,20H,2-8H2,1H3,(H2,19,21,22)/t11-,12?,13?/m0/s1. The molecule has 2 fully saturated rings. The van der Waals surface area contributed by atoms with Crippen LogP contribution in [0, 0.1) is 3.57 Å². The van der Waals surface area contributed by atoms with Gasteiger partial charge in [0.1, 0.15) is 17.8 Å². The average molecular weight is 440 g/mol. The molecule has 0 bridgehead atoms. The number of piperazine rings is 1. The number of rotatable bonds is 2. The van der Waals surface area contributed by atoms with Gasteiger partial charge in [-0.15, -0.1) is 0 Å². The zero-order valence-electron chi connectivity index (χ0n) is 14.1. The molecular weight excluding hydrogens is 415 g/mol. The van der Waals surface area contributed by atoms with Crippen LogP contribution in [0.5, 0.6) is 0 Å². The van der Waals surface area contributed by atoms with Gasteiger partial charge in [0.2, 0.25) is 0 Å². The highest BCUT2D eigenvalue weighted by atomic mass is 127. The van der Waals surface area contributed by atoms with Crippen LogP contribution in [0.3, 0.4) is 0 Å². The highest BCUT2D eigenvalue weighted by Crippen LogP contribution is 2.35. The third-order valence-electron chi connectivity index (χ3n) is 5.57. The molecule has 2 aromatic rings. The summed E-state index contributed by atoms with van der Waals surface area (Å²) in [7, 11) is 0. The summed E-state index contributed by atoms with van der Waals surface area (Å²) in [6.45, 7) is 5.78. The lowest BCUT2D eigenvalue weighted by Crippen LogP contribution is -2.53. The molecule has 0 spiro atoms. The summed E-state index contributed by atoms with van der Waals surface area (Å²) in [5.41, 5.74) is 7.04. The third-order valence-corrected chi connectivity index (χ3v) is 6.39. The molecular formula is C17H25IN6. The molecule has 7 heteroatoms. The van der Waals surface area contributed by atoms with Crippen molar-refractivity contribution >= 4 is 39.4 Å². The van der Waals surface area contributed by atoms with Crippen molar-refractivity contribution in [2.75, 3.05) is 25.4 Å². The molecule has 3 heterocycles. The Bertz CT molecular complexity index is 721. The fourth-order valence-electron chi connectivity index (χ4n) is 4.34. The van der Waals surface area contributed by atoms with E-state index in [1.807, 2.05) is 0 Å². The predicted molar refractivity (Wildman–Crippen MR) is 105 cm³/mol. The summed E-state index contributed by atoms with van der Waals surface area (Å²) in [4.78, 5) is 11.3. The van der Waals surface area contributed by atoms with Gasteiger partial charge in [0.05, 0.1) is 5.39 Å². The largest absolute Gasteiger partial charge is 0.383 e. The topological polar surface area (TPSA) is 72.0 Å². The Hall–Kier alpha value is -0.930. The maximum atomic E-state index is 6.05. The van der Waals surface area contributed by atoms with Gasteiger partial charge < -0.3 is 15.6 Å². The molecule has 0 amide bonds. The van der Waals surface area contributed by atoms with Gasteiger partial charge in [-0.2, -0.15) is 0 Å². The van der Waals surface area contributed by atoms with Gasteiger partial charge >= 0.3 is 0 Å². The number of nitrogens with zero attached hydrogens (tertiary/aromatic N) is 4. The van der Waals surface area contributed by atoms with Crippen molar-refractivity contribution in [3.05, 3.63) is 16.1 Å². The first-order valence-electron chi connectivity index (χ1n) is 8.87. The fraction of sp³-hybridized carbons (Fsp3) is 0.647. The van der Waals surface area contributed by atoms with E-state index in [4.69, 9.17) is 5.73 Å². The Morgan fingerprint density at radius 3 is 2.71 bits per heavy atom. The van der Waals surface area contributed by atoms with Gasteiger partial charge in [0, 0.05) is 47.5 Å². The van der Waals surface area contributed by atoms with Crippen LogP contribution in [-0.4, -0.2) is 51.2 Å². The normalized spacial score (nSPS) is 29.2. The van der Waals surface area contributed by atoms with Crippen LogP contribution in [-0.2, 0) is 0 Å². The molecule has 2 aromatic heterocycles. The van der Waals surface area contributed by atoms with E-state index in [9.17, 15) is 0 Å². The SMILES string of the molecule is C[C@H]1CN(C2CCC(n3cc(I)c4c(N)ncnc43)CC2)CCN1. The maximum absolute atomic E-state index is 6.05. The minimum absolute atomic E-state index is 0.530. The molecule has 0 aromatic carbocycles. The smallest absolute Gasteiger partial charge is 0.146 e. The van der Waals surface area contributed by atoms with E-state index >= 15 is 0 Å². The lowest BCUT2D eigenvalue weighted by Gasteiger charge is -2.41. The van der Waals surface area contributed by atoms with Crippen molar-refractivity contribution in [1.82, 2.24) is 24.8 Å². The Kier molecular flexibility index (Phi) is 4.66. The Balaban J connectivity index is 1.49. The predicted octanol–water partition coefficient (Wildman–Crippen LogP) is 2.40. The van der Waals surface area contributed by atoms with E-state index in [1.165, 1.54) is 38.8 Å². The molecule has 24 heavy (non-hydrogen) atoms. The summed E-state index contributed by atoms with van der Waals surface area (Å²) in [5.74, 6) is 0.589. The number of nitrogens with two attached hydrogens (primary N) is 1. The number of anilines is 1. The summed E-state index contributed by atoms with van der Waals surface area (Å²) >= 11 is 2.35. The van der Waals surface area contributed by atoms with Gasteiger partial charge in [-0.05, 0) is 55.2 Å². The van der Waals surface area contributed by atoms with Crippen molar-refractivity contribution in [1.29, 1.82) is 0 Å². The monoisotopic (exact) mass is 440 g/mol. The first-order chi connectivity index (χ1) is 11.6. The molecule has 130 valence electrons. The van der Waals surface area contributed by atoms with Crippen LogP contribution in [0.2, 0.25) is 0 Å². The van der Waals surface area contributed by atoms with Crippen molar-refractivity contribution in [2.45, 2.75) is 50.7 Å². The Morgan fingerprint density at radius 1 is 1.21 bits per heavy atom. The highest BCUT2D eigenvalue weighted by Gasteiger charge is 2.29.